The van der Waals surface area contributed by atoms with E-state index >= 15 is 0 Å². The number of carboxylic acids is 1. The molecule has 0 aromatic carbocycles. The number of hydrogen-bond acceptors (Lipinski definition) is 3. The minimum Gasteiger partial charge on any atom is -0.475 e. The first-order valence-corrected chi connectivity index (χ1v) is 4.50. The van der Waals surface area contributed by atoms with Gasteiger partial charge in [0.05, 0.1) is 0 Å². The van der Waals surface area contributed by atoms with Gasteiger partial charge in [-0.25, -0.2) is 4.79 Å². The molecule has 6 heteroatoms. The molecule has 5 nitrogen and oxygen atoms in total. The van der Waals surface area contributed by atoms with Crippen molar-refractivity contribution in [1.82, 2.24) is 4.90 Å². The van der Waals surface area contributed by atoms with Crippen LogP contribution < -0.4 is 0 Å². The van der Waals surface area contributed by atoms with Gasteiger partial charge in [0.1, 0.15) is 0 Å². The lowest BCUT2D eigenvalue weighted by Crippen LogP contribution is -2.38. The summed E-state index contributed by atoms with van der Waals surface area (Å²) in [5.41, 5.74) is 0. The van der Waals surface area contributed by atoms with E-state index in [0.717, 1.165) is 0 Å². The van der Waals surface area contributed by atoms with Crippen LogP contribution in [0, 0.1) is 11.8 Å². The Labute approximate surface area is 93.8 Å². The Morgan fingerprint density at radius 1 is 1.13 bits per heavy atom. The zero-order valence-electron chi connectivity index (χ0n) is 8.60. The minimum atomic E-state index is -1.68. The molecule has 1 rings (SSSR count). The highest BCUT2D eigenvalue weighted by atomic mass is 35.5. The molecule has 2 atom stereocenters. The summed E-state index contributed by atoms with van der Waals surface area (Å²) in [6.07, 6.45) is 0. The number of carbonyl (C=O) groups excluding carboxylic acids is 2. The van der Waals surface area contributed by atoms with Crippen LogP contribution in [-0.2, 0) is 14.4 Å². The Hall–Kier alpha value is -1.10. The lowest BCUT2D eigenvalue weighted by molar-refractivity contribution is -0.156. The maximum absolute atomic E-state index is 11.3. The number of halogens is 1. The van der Waals surface area contributed by atoms with E-state index in [0.29, 0.717) is 24.9 Å². The van der Waals surface area contributed by atoms with Gasteiger partial charge in [-0.2, -0.15) is 0 Å². The first kappa shape index (κ1) is 13.9. The summed E-state index contributed by atoms with van der Waals surface area (Å²) < 4.78 is 0. The van der Waals surface area contributed by atoms with Crippen molar-refractivity contribution in [1.29, 1.82) is 0 Å². The maximum Gasteiger partial charge on any atom is 0.382 e. The second-order valence-electron chi connectivity index (χ2n) is 3.80. The SMILES string of the molecule is CC1CN(C(=O)C(=O)C(=O)O)CC1C.Cl. The molecule has 0 saturated carbocycles. The van der Waals surface area contributed by atoms with Gasteiger partial charge in [-0.1, -0.05) is 13.8 Å². The minimum absolute atomic E-state index is 0. The van der Waals surface area contributed by atoms with Crippen LogP contribution in [0.3, 0.4) is 0 Å². The molecule has 2 unspecified atom stereocenters. The third kappa shape index (κ3) is 2.92. The van der Waals surface area contributed by atoms with Gasteiger partial charge in [0.15, 0.2) is 0 Å². The van der Waals surface area contributed by atoms with Crippen molar-refractivity contribution >= 4 is 30.1 Å². The molecule has 0 spiro atoms. The molecule has 1 heterocycles. The molecule has 1 aliphatic rings. The summed E-state index contributed by atoms with van der Waals surface area (Å²) >= 11 is 0. The van der Waals surface area contributed by atoms with Crippen molar-refractivity contribution in [3.05, 3.63) is 0 Å². The first-order valence-electron chi connectivity index (χ1n) is 4.50. The Morgan fingerprint density at radius 3 is 1.87 bits per heavy atom. The molecular formula is C9H14ClNO4. The van der Waals surface area contributed by atoms with Crippen LogP contribution in [0.4, 0.5) is 0 Å². The monoisotopic (exact) mass is 235 g/mol. The van der Waals surface area contributed by atoms with E-state index in [1.165, 1.54) is 4.90 Å². The van der Waals surface area contributed by atoms with Crippen LogP contribution in [0.2, 0.25) is 0 Å². The summed E-state index contributed by atoms with van der Waals surface area (Å²) in [6.45, 7) is 4.89. The number of carbonyl (C=O) groups is 3. The quantitative estimate of drug-likeness (QED) is 0.547. The molecular weight excluding hydrogens is 222 g/mol. The second-order valence-corrected chi connectivity index (χ2v) is 3.80. The van der Waals surface area contributed by atoms with Crippen molar-refractivity contribution < 1.29 is 19.5 Å². The molecule has 0 aliphatic carbocycles. The van der Waals surface area contributed by atoms with E-state index in [9.17, 15) is 14.4 Å². The third-order valence-corrected chi connectivity index (χ3v) is 2.66. The molecule has 86 valence electrons. The summed E-state index contributed by atoms with van der Waals surface area (Å²) in [5, 5.41) is 8.35. The van der Waals surface area contributed by atoms with Gasteiger partial charge >= 0.3 is 17.7 Å². The van der Waals surface area contributed by atoms with Gasteiger partial charge in [0, 0.05) is 13.1 Å². The fraction of sp³-hybridized carbons (Fsp3) is 0.667. The molecule has 1 amide bonds. The van der Waals surface area contributed by atoms with Gasteiger partial charge in [0.25, 0.3) is 0 Å². The molecule has 15 heavy (non-hydrogen) atoms. The van der Waals surface area contributed by atoms with Gasteiger partial charge in [-0.05, 0) is 11.8 Å². The van der Waals surface area contributed by atoms with E-state index < -0.39 is 17.7 Å². The van der Waals surface area contributed by atoms with E-state index in [1.807, 2.05) is 13.8 Å². The maximum atomic E-state index is 11.3. The van der Waals surface area contributed by atoms with Crippen LogP contribution in [-0.4, -0.2) is 40.8 Å². The average molecular weight is 236 g/mol. The zero-order valence-corrected chi connectivity index (χ0v) is 9.41. The van der Waals surface area contributed by atoms with Crippen molar-refractivity contribution in [3.8, 4) is 0 Å². The fourth-order valence-electron chi connectivity index (χ4n) is 1.53. The average Bonchev–Trinajstić information content (AvgIpc) is 2.44. The van der Waals surface area contributed by atoms with Crippen molar-refractivity contribution in [3.63, 3.8) is 0 Å². The Balaban J connectivity index is 0.00000196. The lowest BCUT2D eigenvalue weighted by Gasteiger charge is -2.12. The third-order valence-electron chi connectivity index (χ3n) is 2.66. The Bertz CT molecular complexity index is 282. The predicted molar refractivity (Wildman–Crippen MR) is 54.8 cm³/mol. The number of nitrogens with zero attached hydrogens (tertiary/aromatic N) is 1. The van der Waals surface area contributed by atoms with E-state index in [4.69, 9.17) is 5.11 Å². The molecule has 1 fully saturated rings. The van der Waals surface area contributed by atoms with Gasteiger partial charge in [0.2, 0.25) is 0 Å². The highest BCUT2D eigenvalue weighted by Gasteiger charge is 2.34. The normalized spacial score (nSPS) is 24.5. The fourth-order valence-corrected chi connectivity index (χ4v) is 1.53. The number of aliphatic carboxylic acids is 1. The summed E-state index contributed by atoms with van der Waals surface area (Å²) in [7, 11) is 0. The summed E-state index contributed by atoms with van der Waals surface area (Å²) in [4.78, 5) is 33.7. The van der Waals surface area contributed by atoms with Crippen molar-refractivity contribution in [2.75, 3.05) is 13.1 Å². The topological polar surface area (TPSA) is 74.7 Å². The number of amides is 1. The van der Waals surface area contributed by atoms with Crippen LogP contribution >= 0.6 is 12.4 Å². The van der Waals surface area contributed by atoms with Crippen LogP contribution in [0.25, 0.3) is 0 Å². The number of carboxylic acid groups (broad SMARTS) is 1. The molecule has 0 bridgehead atoms. The number of rotatable bonds is 2. The Morgan fingerprint density at radius 2 is 1.53 bits per heavy atom. The predicted octanol–water partition coefficient (Wildman–Crippen LogP) is 0.176. The molecule has 1 aliphatic heterocycles. The van der Waals surface area contributed by atoms with Crippen LogP contribution in [0.5, 0.6) is 0 Å². The van der Waals surface area contributed by atoms with Gasteiger partial charge in [-0.15, -0.1) is 12.4 Å². The number of Topliss-reactive ketones (excluding diaryl/α,β-unsaturated/α-hetero) is 1. The van der Waals surface area contributed by atoms with E-state index in [1.54, 1.807) is 0 Å². The molecule has 1 saturated heterocycles. The van der Waals surface area contributed by atoms with Gasteiger partial charge < -0.3 is 10.0 Å². The summed E-state index contributed by atoms with van der Waals surface area (Å²) in [6, 6.07) is 0. The number of ketones is 1. The Kier molecular flexibility index (Phi) is 4.74. The number of likely N-dealkylation sites (tertiary alicyclic amines) is 1. The van der Waals surface area contributed by atoms with Crippen LogP contribution in [0.1, 0.15) is 13.8 Å². The summed E-state index contributed by atoms with van der Waals surface area (Å²) in [5.74, 6) is -3.27. The smallest absolute Gasteiger partial charge is 0.382 e. The standard InChI is InChI=1S/C9H13NO4.ClH/c1-5-3-10(4-6(5)2)8(12)7(11)9(13)14;/h5-6H,3-4H2,1-2H3,(H,13,14);1H. The molecule has 0 aromatic rings. The van der Waals surface area contributed by atoms with Crippen molar-refractivity contribution in [2.45, 2.75) is 13.8 Å². The highest BCUT2D eigenvalue weighted by Crippen LogP contribution is 2.21. The largest absolute Gasteiger partial charge is 0.475 e. The van der Waals surface area contributed by atoms with Gasteiger partial charge in [-0.3, -0.25) is 9.59 Å². The number of hydrogen-bond donors (Lipinski definition) is 1. The highest BCUT2D eigenvalue weighted by molar-refractivity contribution is 6.61. The second kappa shape index (κ2) is 5.11. The molecule has 0 radical (unpaired) electrons. The van der Waals surface area contributed by atoms with Crippen LogP contribution in [0.15, 0.2) is 0 Å². The van der Waals surface area contributed by atoms with E-state index in [-0.39, 0.29) is 12.4 Å². The van der Waals surface area contributed by atoms with E-state index in [2.05, 4.69) is 0 Å². The molecule has 1 N–H and O–H groups in total. The first-order chi connectivity index (χ1) is 6.43. The zero-order chi connectivity index (χ0) is 10.9. The lowest BCUT2D eigenvalue weighted by atomic mass is 10.0. The van der Waals surface area contributed by atoms with Crippen molar-refractivity contribution in [2.24, 2.45) is 11.8 Å². The molecule has 0 aromatic heterocycles.